The quantitative estimate of drug-likeness (QED) is 0.435. The van der Waals surface area contributed by atoms with E-state index in [-0.39, 0.29) is 11.3 Å². The lowest BCUT2D eigenvalue weighted by atomic mass is 10.0. The molecule has 0 aliphatic carbocycles. The fraction of sp³-hybridized carbons (Fsp3) is 0.250. The maximum Gasteiger partial charge on any atom is 0.212 e. The van der Waals surface area contributed by atoms with Crippen LogP contribution in [0.1, 0.15) is 26.3 Å². The third kappa shape index (κ3) is 4.64. The van der Waals surface area contributed by atoms with Gasteiger partial charge < -0.3 is 10.6 Å². The summed E-state index contributed by atoms with van der Waals surface area (Å²) in [6, 6.07) is 13.2. The van der Waals surface area contributed by atoms with Gasteiger partial charge in [-0.25, -0.2) is 8.42 Å². The Balaban J connectivity index is 2.04. The Morgan fingerprint density at radius 2 is 1.68 bits per heavy atom. The maximum absolute atomic E-state index is 10.9. The molecule has 1 amide bonds. The highest BCUT2D eigenvalue weighted by atomic mass is 32.2. The van der Waals surface area contributed by atoms with Gasteiger partial charge in [-0.15, -0.1) is 10.2 Å². The van der Waals surface area contributed by atoms with Gasteiger partial charge in [0.1, 0.15) is 10.7 Å². The zero-order valence-corrected chi connectivity index (χ0v) is 16.8. The van der Waals surface area contributed by atoms with Crippen molar-refractivity contribution in [3.8, 4) is 11.1 Å². The van der Waals surface area contributed by atoms with Crippen LogP contribution in [-0.4, -0.2) is 30.6 Å². The zero-order chi connectivity index (χ0) is 20.3. The van der Waals surface area contributed by atoms with Crippen molar-refractivity contribution in [2.45, 2.75) is 32.1 Å². The first kappa shape index (κ1) is 19.8. The van der Waals surface area contributed by atoms with E-state index in [2.05, 4.69) is 20.8 Å². The Kier molecular flexibility index (Phi) is 5.60. The van der Waals surface area contributed by atoms with Crippen LogP contribution in [0.5, 0.6) is 0 Å². The topological polar surface area (TPSA) is 101 Å². The Labute approximate surface area is 165 Å². The average molecular weight is 398 g/mol. The van der Waals surface area contributed by atoms with Gasteiger partial charge in [-0.2, -0.15) is 0 Å². The number of benzene rings is 2. The molecule has 0 unspecified atom stereocenters. The van der Waals surface area contributed by atoms with E-state index in [0.717, 1.165) is 22.1 Å². The SMILES string of the molecule is CC(C)(C)Nc1c(NC=O)nnc2cc(-c3ccc(C[SH](=O)=O)cc3)ccc12. The number of amides is 1. The number of nitrogens with zero attached hydrogens (tertiary/aromatic N) is 2. The van der Waals surface area contributed by atoms with Gasteiger partial charge in [0.05, 0.1) is 17.0 Å². The van der Waals surface area contributed by atoms with E-state index in [9.17, 15) is 13.2 Å². The molecule has 0 bridgehead atoms. The first-order chi connectivity index (χ1) is 13.3. The van der Waals surface area contributed by atoms with Crippen LogP contribution in [0, 0.1) is 0 Å². The molecule has 0 radical (unpaired) electrons. The van der Waals surface area contributed by atoms with Gasteiger partial charge in [0.15, 0.2) is 5.82 Å². The summed E-state index contributed by atoms with van der Waals surface area (Å²) in [5.74, 6) is 0.411. The summed E-state index contributed by atoms with van der Waals surface area (Å²) >= 11 is 0. The van der Waals surface area contributed by atoms with E-state index >= 15 is 0 Å². The minimum Gasteiger partial charge on any atom is -0.377 e. The number of thiol groups is 1. The predicted molar refractivity (Wildman–Crippen MR) is 112 cm³/mol. The molecule has 1 aromatic heterocycles. The van der Waals surface area contributed by atoms with Crippen LogP contribution in [-0.2, 0) is 21.3 Å². The second-order valence-corrected chi connectivity index (χ2v) is 8.46. The Bertz CT molecular complexity index is 1080. The monoisotopic (exact) mass is 398 g/mol. The van der Waals surface area contributed by atoms with Gasteiger partial charge in [-0.1, -0.05) is 30.3 Å². The minimum atomic E-state index is -2.44. The summed E-state index contributed by atoms with van der Waals surface area (Å²) in [5, 5.41) is 15.2. The fourth-order valence-electron chi connectivity index (χ4n) is 2.90. The number of carbonyl (C=O) groups is 1. The van der Waals surface area contributed by atoms with E-state index < -0.39 is 10.7 Å². The fourth-order valence-corrected chi connectivity index (χ4v) is 3.41. The molecule has 2 N–H and O–H groups in total. The highest BCUT2D eigenvalue weighted by Gasteiger charge is 2.17. The van der Waals surface area contributed by atoms with Crippen molar-refractivity contribution in [1.82, 2.24) is 10.2 Å². The molecule has 0 saturated carbocycles. The molecule has 2 aromatic carbocycles. The zero-order valence-electron chi connectivity index (χ0n) is 15.9. The van der Waals surface area contributed by atoms with Crippen molar-refractivity contribution < 1.29 is 13.2 Å². The smallest absolute Gasteiger partial charge is 0.212 e. The van der Waals surface area contributed by atoms with Crippen molar-refractivity contribution in [2.75, 3.05) is 10.6 Å². The molecule has 0 fully saturated rings. The number of anilines is 2. The van der Waals surface area contributed by atoms with Crippen molar-refractivity contribution in [1.29, 1.82) is 0 Å². The number of hydrogen-bond donors (Lipinski definition) is 3. The number of hydrogen-bond acceptors (Lipinski definition) is 6. The maximum atomic E-state index is 10.9. The lowest BCUT2D eigenvalue weighted by Gasteiger charge is -2.24. The summed E-state index contributed by atoms with van der Waals surface area (Å²) in [6.45, 7) is 6.07. The van der Waals surface area contributed by atoms with E-state index in [1.807, 2.05) is 51.1 Å². The Hall–Kier alpha value is -3.00. The van der Waals surface area contributed by atoms with Crippen molar-refractivity contribution >= 4 is 39.5 Å². The lowest BCUT2D eigenvalue weighted by molar-refractivity contribution is -0.105. The molecule has 0 atom stereocenters. The number of nitrogens with one attached hydrogen (secondary N) is 2. The van der Waals surface area contributed by atoms with Crippen LogP contribution in [0.4, 0.5) is 11.5 Å². The molecule has 0 spiro atoms. The van der Waals surface area contributed by atoms with Crippen LogP contribution in [0.2, 0.25) is 0 Å². The molecule has 28 heavy (non-hydrogen) atoms. The first-order valence-electron chi connectivity index (χ1n) is 8.77. The largest absolute Gasteiger partial charge is 0.377 e. The van der Waals surface area contributed by atoms with E-state index in [1.54, 1.807) is 12.1 Å². The van der Waals surface area contributed by atoms with Gasteiger partial charge in [0.25, 0.3) is 0 Å². The summed E-state index contributed by atoms with van der Waals surface area (Å²) in [4.78, 5) is 10.9. The third-order valence-electron chi connectivity index (χ3n) is 4.06. The van der Waals surface area contributed by atoms with Gasteiger partial charge in [0, 0.05) is 10.9 Å². The molecule has 1 heterocycles. The molecule has 146 valence electrons. The number of fused-ring (bicyclic) bond motifs is 1. The Morgan fingerprint density at radius 3 is 2.29 bits per heavy atom. The van der Waals surface area contributed by atoms with Gasteiger partial charge >= 0.3 is 0 Å². The van der Waals surface area contributed by atoms with Crippen LogP contribution in [0.15, 0.2) is 42.5 Å². The van der Waals surface area contributed by atoms with E-state index in [4.69, 9.17) is 0 Å². The molecular formula is C20H22N4O3S. The molecule has 0 aliphatic heterocycles. The molecule has 3 aromatic rings. The van der Waals surface area contributed by atoms with Crippen molar-refractivity contribution in [2.24, 2.45) is 0 Å². The van der Waals surface area contributed by atoms with Crippen LogP contribution in [0.25, 0.3) is 22.0 Å². The van der Waals surface area contributed by atoms with Crippen LogP contribution >= 0.6 is 0 Å². The predicted octanol–water partition coefficient (Wildman–Crippen LogP) is 3.19. The lowest BCUT2D eigenvalue weighted by Crippen LogP contribution is -2.27. The highest BCUT2D eigenvalue weighted by molar-refractivity contribution is 7.71. The molecule has 0 aliphatic rings. The second-order valence-electron chi connectivity index (χ2n) is 7.48. The van der Waals surface area contributed by atoms with Gasteiger partial charge in [-0.3, -0.25) is 4.79 Å². The molecular weight excluding hydrogens is 376 g/mol. The second kappa shape index (κ2) is 7.93. The molecule has 3 rings (SSSR count). The summed E-state index contributed by atoms with van der Waals surface area (Å²) in [7, 11) is -2.44. The van der Waals surface area contributed by atoms with Crippen LogP contribution < -0.4 is 10.6 Å². The number of aromatic nitrogens is 2. The summed E-state index contributed by atoms with van der Waals surface area (Å²) < 4.78 is 21.7. The number of rotatable bonds is 6. The van der Waals surface area contributed by atoms with Crippen molar-refractivity contribution in [3.63, 3.8) is 0 Å². The van der Waals surface area contributed by atoms with Crippen LogP contribution in [0.3, 0.4) is 0 Å². The summed E-state index contributed by atoms with van der Waals surface area (Å²) in [6.07, 6.45) is 0.579. The standard InChI is InChI=1S/C20H22N4O3S/c1-20(2,3)22-18-16-9-8-15(10-17(16)23-24-19(18)21-12-25)14-6-4-13(5-7-14)11-28(26)27/h4-10,12,28H,11H2,1-3H3,(H,22,23)(H,21,24,25). The summed E-state index contributed by atoms with van der Waals surface area (Å²) in [5.41, 5.74) is 3.82. The molecule has 7 nitrogen and oxygen atoms in total. The van der Waals surface area contributed by atoms with E-state index in [0.29, 0.717) is 23.4 Å². The van der Waals surface area contributed by atoms with Crippen molar-refractivity contribution in [3.05, 3.63) is 48.0 Å². The van der Waals surface area contributed by atoms with Gasteiger partial charge in [0.2, 0.25) is 6.41 Å². The molecule has 0 saturated heterocycles. The van der Waals surface area contributed by atoms with Gasteiger partial charge in [-0.05, 0) is 49.6 Å². The minimum absolute atomic E-state index is 0.0349. The average Bonchev–Trinajstić information content (AvgIpc) is 2.62. The van der Waals surface area contributed by atoms with E-state index in [1.165, 1.54) is 0 Å². The normalized spacial score (nSPS) is 11.6. The number of carbonyl (C=O) groups excluding carboxylic acids is 1. The molecule has 8 heteroatoms. The Morgan fingerprint density at radius 1 is 1.00 bits per heavy atom. The highest BCUT2D eigenvalue weighted by Crippen LogP contribution is 2.33. The first-order valence-corrected chi connectivity index (χ1v) is 10.1. The third-order valence-corrected chi connectivity index (χ3v) is 4.68.